The van der Waals surface area contributed by atoms with Gasteiger partial charge in [0.25, 0.3) is 0 Å². The van der Waals surface area contributed by atoms with E-state index in [9.17, 15) is 9.90 Å². The highest BCUT2D eigenvalue weighted by atomic mass is 16.4. The maximum Gasteiger partial charge on any atom is 0.309 e. The van der Waals surface area contributed by atoms with Crippen LogP contribution in [0.1, 0.15) is 85.5 Å². The van der Waals surface area contributed by atoms with Crippen molar-refractivity contribution in [1.29, 1.82) is 0 Å². The minimum atomic E-state index is -0.638. The molecule has 0 aliphatic heterocycles. The molecule has 0 spiro atoms. The Labute approximate surface area is 113 Å². The lowest BCUT2D eigenvalue weighted by molar-refractivity contribution is -0.151. The minimum absolute atomic E-state index is 0.208. The topological polar surface area (TPSA) is 37.3 Å². The van der Waals surface area contributed by atoms with E-state index in [1.165, 1.54) is 44.9 Å². The summed E-state index contributed by atoms with van der Waals surface area (Å²) in [6.07, 6.45) is 11.0. The molecule has 0 saturated carbocycles. The van der Waals surface area contributed by atoms with Crippen molar-refractivity contribution in [2.75, 3.05) is 0 Å². The first-order valence-corrected chi connectivity index (χ1v) is 7.68. The van der Waals surface area contributed by atoms with Crippen LogP contribution in [-0.2, 0) is 4.79 Å². The van der Waals surface area contributed by atoms with Crippen LogP contribution in [0.25, 0.3) is 0 Å². The molecule has 0 bridgehead atoms. The SMILES string of the molecule is CCCCCCCCCCC(C)(C(=O)O)C(C)C. The van der Waals surface area contributed by atoms with Crippen LogP contribution < -0.4 is 0 Å². The molecule has 0 saturated heterocycles. The van der Waals surface area contributed by atoms with E-state index in [1.54, 1.807) is 0 Å². The van der Waals surface area contributed by atoms with Crippen LogP contribution in [0.15, 0.2) is 0 Å². The number of carbonyl (C=O) groups is 1. The van der Waals surface area contributed by atoms with Crippen LogP contribution in [0.4, 0.5) is 0 Å². The normalized spacial score (nSPS) is 14.7. The summed E-state index contributed by atoms with van der Waals surface area (Å²) >= 11 is 0. The second-order valence-electron chi connectivity index (χ2n) is 6.10. The number of rotatable bonds is 11. The number of aliphatic carboxylic acids is 1. The summed E-state index contributed by atoms with van der Waals surface area (Å²) in [5.74, 6) is -0.431. The van der Waals surface area contributed by atoms with E-state index in [0.29, 0.717) is 0 Å². The van der Waals surface area contributed by atoms with Crippen molar-refractivity contribution in [3.8, 4) is 0 Å². The Hall–Kier alpha value is -0.530. The standard InChI is InChI=1S/C16H32O2/c1-5-6-7-8-9-10-11-12-13-16(4,14(2)3)15(17)18/h14H,5-13H2,1-4H3,(H,17,18). The maximum absolute atomic E-state index is 11.3. The molecule has 108 valence electrons. The molecule has 18 heavy (non-hydrogen) atoms. The third-order valence-electron chi connectivity index (χ3n) is 4.31. The molecule has 0 aromatic rings. The molecule has 0 radical (unpaired) electrons. The molecule has 0 aromatic heterocycles. The van der Waals surface area contributed by atoms with Crippen molar-refractivity contribution in [1.82, 2.24) is 0 Å². The maximum atomic E-state index is 11.3. The Balaban J connectivity index is 3.66. The highest BCUT2D eigenvalue weighted by Gasteiger charge is 2.35. The quantitative estimate of drug-likeness (QED) is 0.512. The van der Waals surface area contributed by atoms with Crippen LogP contribution in [0, 0.1) is 11.3 Å². The molecular weight excluding hydrogens is 224 g/mol. The van der Waals surface area contributed by atoms with Crippen molar-refractivity contribution in [3.63, 3.8) is 0 Å². The predicted octanol–water partition coefficient (Wildman–Crippen LogP) is 5.26. The van der Waals surface area contributed by atoms with E-state index in [1.807, 2.05) is 20.8 Å². The Morgan fingerprint density at radius 1 is 1.00 bits per heavy atom. The monoisotopic (exact) mass is 256 g/mol. The minimum Gasteiger partial charge on any atom is -0.481 e. The molecule has 0 aliphatic carbocycles. The van der Waals surface area contributed by atoms with Gasteiger partial charge in [-0.3, -0.25) is 4.79 Å². The average Bonchev–Trinajstić information content (AvgIpc) is 2.31. The molecule has 0 fully saturated rings. The average molecular weight is 256 g/mol. The van der Waals surface area contributed by atoms with Crippen LogP contribution in [-0.4, -0.2) is 11.1 Å². The van der Waals surface area contributed by atoms with Gasteiger partial charge in [0.15, 0.2) is 0 Å². The zero-order valence-corrected chi connectivity index (χ0v) is 12.8. The van der Waals surface area contributed by atoms with Crippen molar-refractivity contribution < 1.29 is 9.90 Å². The van der Waals surface area contributed by atoms with Gasteiger partial charge in [-0.05, 0) is 19.3 Å². The molecule has 1 N–H and O–H groups in total. The molecule has 0 aromatic carbocycles. The number of carboxylic acids is 1. The zero-order chi connectivity index (χ0) is 14.0. The molecule has 0 rings (SSSR count). The smallest absolute Gasteiger partial charge is 0.309 e. The zero-order valence-electron chi connectivity index (χ0n) is 12.8. The van der Waals surface area contributed by atoms with Gasteiger partial charge in [-0.2, -0.15) is 0 Å². The third kappa shape index (κ3) is 6.42. The fraction of sp³-hybridized carbons (Fsp3) is 0.938. The van der Waals surface area contributed by atoms with Gasteiger partial charge in [0.2, 0.25) is 0 Å². The van der Waals surface area contributed by atoms with E-state index in [0.717, 1.165) is 12.8 Å². The van der Waals surface area contributed by atoms with Gasteiger partial charge in [-0.15, -0.1) is 0 Å². The molecule has 0 heterocycles. The summed E-state index contributed by atoms with van der Waals surface area (Å²) < 4.78 is 0. The molecular formula is C16H32O2. The Bertz CT molecular complexity index is 223. The highest BCUT2D eigenvalue weighted by molar-refractivity contribution is 5.74. The van der Waals surface area contributed by atoms with Gasteiger partial charge in [0, 0.05) is 0 Å². The highest BCUT2D eigenvalue weighted by Crippen LogP contribution is 2.33. The summed E-state index contributed by atoms with van der Waals surface area (Å²) in [5, 5.41) is 9.30. The molecule has 2 heteroatoms. The van der Waals surface area contributed by atoms with E-state index in [-0.39, 0.29) is 5.92 Å². The Morgan fingerprint density at radius 3 is 1.83 bits per heavy atom. The first kappa shape index (κ1) is 17.5. The van der Waals surface area contributed by atoms with Gasteiger partial charge in [-0.25, -0.2) is 0 Å². The summed E-state index contributed by atoms with van der Waals surface area (Å²) in [7, 11) is 0. The van der Waals surface area contributed by atoms with E-state index >= 15 is 0 Å². The van der Waals surface area contributed by atoms with Gasteiger partial charge >= 0.3 is 5.97 Å². The lowest BCUT2D eigenvalue weighted by atomic mass is 9.75. The van der Waals surface area contributed by atoms with Crippen molar-refractivity contribution in [2.24, 2.45) is 11.3 Å². The lowest BCUT2D eigenvalue weighted by Gasteiger charge is -2.29. The van der Waals surface area contributed by atoms with E-state index in [4.69, 9.17) is 0 Å². The van der Waals surface area contributed by atoms with Crippen molar-refractivity contribution in [3.05, 3.63) is 0 Å². The summed E-state index contributed by atoms with van der Waals surface area (Å²) in [4.78, 5) is 11.3. The molecule has 0 aliphatic rings. The summed E-state index contributed by atoms with van der Waals surface area (Å²) in [6, 6.07) is 0. The van der Waals surface area contributed by atoms with Crippen LogP contribution in [0.2, 0.25) is 0 Å². The first-order chi connectivity index (χ1) is 8.45. The van der Waals surface area contributed by atoms with Gasteiger partial charge in [0.1, 0.15) is 0 Å². The first-order valence-electron chi connectivity index (χ1n) is 7.68. The summed E-state index contributed by atoms with van der Waals surface area (Å²) in [5.41, 5.74) is -0.539. The molecule has 2 nitrogen and oxygen atoms in total. The lowest BCUT2D eigenvalue weighted by Crippen LogP contribution is -2.33. The Kier molecular flexibility index (Phi) is 9.13. The number of carboxylic acid groups (broad SMARTS) is 1. The number of unbranched alkanes of at least 4 members (excludes halogenated alkanes) is 7. The van der Waals surface area contributed by atoms with E-state index < -0.39 is 11.4 Å². The molecule has 1 unspecified atom stereocenters. The van der Waals surface area contributed by atoms with Crippen LogP contribution in [0.3, 0.4) is 0 Å². The van der Waals surface area contributed by atoms with Crippen molar-refractivity contribution >= 4 is 5.97 Å². The second kappa shape index (κ2) is 9.41. The van der Waals surface area contributed by atoms with Gasteiger partial charge in [-0.1, -0.05) is 72.1 Å². The molecule has 0 amide bonds. The fourth-order valence-corrected chi connectivity index (χ4v) is 2.27. The molecule has 1 atom stereocenters. The van der Waals surface area contributed by atoms with Crippen LogP contribution in [0.5, 0.6) is 0 Å². The number of hydrogen-bond acceptors (Lipinski definition) is 1. The third-order valence-corrected chi connectivity index (χ3v) is 4.31. The Morgan fingerprint density at radius 2 is 1.44 bits per heavy atom. The fourth-order valence-electron chi connectivity index (χ4n) is 2.27. The second-order valence-corrected chi connectivity index (χ2v) is 6.10. The largest absolute Gasteiger partial charge is 0.481 e. The summed E-state index contributed by atoms with van der Waals surface area (Å²) in [6.45, 7) is 8.15. The van der Waals surface area contributed by atoms with Gasteiger partial charge < -0.3 is 5.11 Å². The van der Waals surface area contributed by atoms with Gasteiger partial charge in [0.05, 0.1) is 5.41 Å². The number of hydrogen-bond donors (Lipinski definition) is 1. The van der Waals surface area contributed by atoms with E-state index in [2.05, 4.69) is 6.92 Å². The van der Waals surface area contributed by atoms with Crippen LogP contribution >= 0.6 is 0 Å². The van der Waals surface area contributed by atoms with Crippen molar-refractivity contribution in [2.45, 2.75) is 85.5 Å². The predicted molar refractivity (Wildman–Crippen MR) is 77.8 cm³/mol.